The Morgan fingerprint density at radius 2 is 1.25 bits per heavy atom. The van der Waals surface area contributed by atoms with Crippen LogP contribution in [0.4, 0.5) is 17.1 Å². The first kappa shape index (κ1) is 18.9. The lowest BCUT2D eigenvalue weighted by atomic mass is 10.1. The van der Waals surface area contributed by atoms with E-state index in [9.17, 15) is 9.70 Å². The molecule has 3 rings (SSSR count). The van der Waals surface area contributed by atoms with Crippen molar-refractivity contribution in [1.29, 1.82) is 0 Å². The summed E-state index contributed by atoms with van der Waals surface area (Å²) in [5.74, 6) is 1.13. The van der Waals surface area contributed by atoms with Gasteiger partial charge in [0.25, 0.3) is 5.91 Å². The van der Waals surface area contributed by atoms with Gasteiger partial charge in [0.2, 0.25) is 0 Å². The van der Waals surface area contributed by atoms with E-state index in [1.807, 2.05) is 0 Å². The molecule has 0 unspecified atom stereocenters. The van der Waals surface area contributed by atoms with E-state index in [1.54, 1.807) is 87.0 Å². The first-order valence-electron chi connectivity index (χ1n) is 8.47. The summed E-state index contributed by atoms with van der Waals surface area (Å²) in [6.07, 6.45) is 0. The van der Waals surface area contributed by atoms with Gasteiger partial charge in [-0.15, -0.1) is 4.91 Å². The number of carbonyl (C=O) groups is 1. The van der Waals surface area contributed by atoms with E-state index in [4.69, 9.17) is 9.47 Å². The lowest BCUT2D eigenvalue weighted by molar-refractivity contribution is 0.102. The monoisotopic (exact) mass is 377 g/mol. The van der Waals surface area contributed by atoms with Gasteiger partial charge in [0.1, 0.15) is 11.5 Å². The summed E-state index contributed by atoms with van der Waals surface area (Å²) in [6, 6.07) is 20.6. The molecule has 0 atom stereocenters. The Bertz CT molecular complexity index is 939. The molecule has 0 spiro atoms. The second-order valence-corrected chi connectivity index (χ2v) is 5.82. The Morgan fingerprint density at radius 3 is 1.71 bits per heavy atom. The van der Waals surface area contributed by atoms with Crippen LogP contribution in [0, 0.1) is 4.91 Å². The molecule has 0 bridgehead atoms. The van der Waals surface area contributed by atoms with Gasteiger partial charge in [-0.25, -0.2) is 0 Å². The van der Waals surface area contributed by atoms with Crippen LogP contribution in [0.3, 0.4) is 0 Å². The third-order valence-electron chi connectivity index (χ3n) is 4.12. The van der Waals surface area contributed by atoms with Crippen molar-refractivity contribution in [1.82, 2.24) is 0 Å². The molecule has 0 fully saturated rings. The largest absolute Gasteiger partial charge is 0.497 e. The molecular formula is C21H19N3O4. The Morgan fingerprint density at radius 1 is 0.786 bits per heavy atom. The standard InChI is InChI=1S/C21H19N3O4/c1-27-19-11-5-16(6-12-19)22-21(25)15-3-7-17(8-4-15)24(23-26)18-9-13-20(28-2)14-10-18/h3-14H,1-2H3,(H,22,25). The summed E-state index contributed by atoms with van der Waals surface area (Å²) in [6.45, 7) is 0. The van der Waals surface area contributed by atoms with Gasteiger partial charge in [0.15, 0.2) is 0 Å². The van der Waals surface area contributed by atoms with E-state index in [2.05, 4.69) is 10.6 Å². The molecule has 0 aliphatic heterocycles. The van der Waals surface area contributed by atoms with Crippen LogP contribution in [0.5, 0.6) is 11.5 Å². The Hall–Kier alpha value is -3.87. The molecule has 142 valence electrons. The van der Waals surface area contributed by atoms with Crippen molar-refractivity contribution >= 4 is 23.0 Å². The number of ether oxygens (including phenoxy) is 2. The topological polar surface area (TPSA) is 80.2 Å². The third kappa shape index (κ3) is 4.27. The van der Waals surface area contributed by atoms with Gasteiger partial charge in [0.05, 0.1) is 30.9 Å². The highest BCUT2D eigenvalue weighted by atomic mass is 16.5. The zero-order valence-corrected chi connectivity index (χ0v) is 15.5. The minimum atomic E-state index is -0.258. The molecule has 0 aromatic heterocycles. The van der Waals surface area contributed by atoms with E-state index < -0.39 is 0 Å². The predicted molar refractivity (Wildman–Crippen MR) is 108 cm³/mol. The maximum Gasteiger partial charge on any atom is 0.255 e. The number of nitrogens with one attached hydrogen (secondary N) is 1. The average molecular weight is 377 g/mol. The van der Waals surface area contributed by atoms with Crippen molar-refractivity contribution < 1.29 is 14.3 Å². The number of benzene rings is 3. The van der Waals surface area contributed by atoms with Crippen molar-refractivity contribution in [2.45, 2.75) is 0 Å². The second kappa shape index (κ2) is 8.68. The van der Waals surface area contributed by atoms with Crippen molar-refractivity contribution in [2.24, 2.45) is 5.29 Å². The molecule has 3 aromatic rings. The minimum absolute atomic E-state index is 0.258. The number of rotatable bonds is 7. The first-order valence-corrected chi connectivity index (χ1v) is 8.47. The highest BCUT2D eigenvalue weighted by Crippen LogP contribution is 2.28. The molecule has 0 radical (unpaired) electrons. The molecule has 0 aliphatic carbocycles. The van der Waals surface area contributed by atoms with Crippen molar-refractivity contribution in [2.75, 3.05) is 24.5 Å². The van der Waals surface area contributed by atoms with E-state index in [1.165, 1.54) is 5.01 Å². The van der Waals surface area contributed by atoms with E-state index in [0.717, 1.165) is 0 Å². The van der Waals surface area contributed by atoms with E-state index in [-0.39, 0.29) is 5.91 Å². The second-order valence-electron chi connectivity index (χ2n) is 5.82. The van der Waals surface area contributed by atoms with Gasteiger partial charge in [0, 0.05) is 11.3 Å². The summed E-state index contributed by atoms with van der Waals surface area (Å²) >= 11 is 0. The number of nitrogens with zero attached hydrogens (tertiary/aromatic N) is 2. The van der Waals surface area contributed by atoms with E-state index in [0.29, 0.717) is 34.1 Å². The van der Waals surface area contributed by atoms with Crippen molar-refractivity contribution in [3.8, 4) is 11.5 Å². The summed E-state index contributed by atoms with van der Waals surface area (Å²) in [7, 11) is 3.15. The molecule has 0 saturated heterocycles. The number of carbonyl (C=O) groups excluding carboxylic acids is 1. The fourth-order valence-electron chi connectivity index (χ4n) is 2.60. The number of anilines is 3. The van der Waals surface area contributed by atoms with Crippen LogP contribution in [0.2, 0.25) is 0 Å². The highest BCUT2D eigenvalue weighted by molar-refractivity contribution is 6.04. The van der Waals surface area contributed by atoms with E-state index >= 15 is 0 Å². The summed E-state index contributed by atoms with van der Waals surface area (Å²) < 4.78 is 10.2. The van der Waals surface area contributed by atoms with Gasteiger partial charge in [-0.2, -0.15) is 5.01 Å². The number of hydrogen-bond acceptors (Lipinski definition) is 5. The third-order valence-corrected chi connectivity index (χ3v) is 4.12. The summed E-state index contributed by atoms with van der Waals surface area (Å²) in [5.41, 5.74) is 2.25. The highest BCUT2D eigenvalue weighted by Gasteiger charge is 2.12. The van der Waals surface area contributed by atoms with Gasteiger partial charge in [-0.1, -0.05) is 0 Å². The lowest BCUT2D eigenvalue weighted by Gasteiger charge is -2.16. The number of amides is 1. The molecule has 0 aliphatic rings. The van der Waals surface area contributed by atoms with Crippen LogP contribution in [0.15, 0.2) is 78.1 Å². The fraction of sp³-hybridized carbons (Fsp3) is 0.0952. The smallest absolute Gasteiger partial charge is 0.255 e. The van der Waals surface area contributed by atoms with Crippen LogP contribution in [-0.4, -0.2) is 20.1 Å². The molecule has 3 aromatic carbocycles. The van der Waals surface area contributed by atoms with Crippen molar-refractivity contribution in [3.05, 3.63) is 83.3 Å². The Labute approximate surface area is 162 Å². The summed E-state index contributed by atoms with van der Waals surface area (Å²) in [5, 5.41) is 7.12. The SMILES string of the molecule is COc1ccc(NC(=O)c2ccc(N(N=O)c3ccc(OC)cc3)cc2)cc1. The van der Waals surface area contributed by atoms with Gasteiger partial charge >= 0.3 is 0 Å². The molecule has 7 heteroatoms. The normalized spacial score (nSPS) is 10.1. The quantitative estimate of drug-likeness (QED) is 0.474. The molecular weight excluding hydrogens is 358 g/mol. The minimum Gasteiger partial charge on any atom is -0.497 e. The molecule has 28 heavy (non-hydrogen) atoms. The van der Waals surface area contributed by atoms with Gasteiger partial charge in [-0.05, 0) is 72.8 Å². The van der Waals surface area contributed by atoms with Crippen LogP contribution in [-0.2, 0) is 0 Å². The van der Waals surface area contributed by atoms with Gasteiger partial charge in [-0.3, -0.25) is 4.79 Å². The molecule has 1 N–H and O–H groups in total. The molecule has 0 saturated carbocycles. The van der Waals surface area contributed by atoms with Crippen LogP contribution in [0.25, 0.3) is 0 Å². The van der Waals surface area contributed by atoms with Crippen LogP contribution >= 0.6 is 0 Å². The first-order chi connectivity index (χ1) is 13.6. The Kier molecular flexibility index (Phi) is 5.86. The number of methoxy groups -OCH3 is 2. The summed E-state index contributed by atoms with van der Waals surface area (Å²) in [4.78, 5) is 23.7. The number of nitroso groups, excluding NO2 is 1. The fourth-order valence-corrected chi connectivity index (χ4v) is 2.60. The lowest BCUT2D eigenvalue weighted by Crippen LogP contribution is -2.12. The average Bonchev–Trinajstić information content (AvgIpc) is 2.75. The maximum atomic E-state index is 12.4. The van der Waals surface area contributed by atoms with Gasteiger partial charge < -0.3 is 14.8 Å². The Balaban J connectivity index is 1.73. The molecule has 1 amide bonds. The zero-order chi connectivity index (χ0) is 19.9. The van der Waals surface area contributed by atoms with Crippen LogP contribution < -0.4 is 19.8 Å². The van der Waals surface area contributed by atoms with Crippen LogP contribution in [0.1, 0.15) is 10.4 Å². The molecule has 7 nitrogen and oxygen atoms in total. The molecule has 0 heterocycles. The number of hydrogen-bond donors (Lipinski definition) is 1. The maximum absolute atomic E-state index is 12.4. The zero-order valence-electron chi connectivity index (χ0n) is 15.5. The predicted octanol–water partition coefficient (Wildman–Crippen LogP) is 4.78. The van der Waals surface area contributed by atoms with Crippen molar-refractivity contribution in [3.63, 3.8) is 0 Å².